The van der Waals surface area contributed by atoms with Crippen LogP contribution in [0.1, 0.15) is 19.4 Å². The third-order valence-electron chi connectivity index (χ3n) is 2.41. The molecule has 0 bridgehead atoms. The molecular weight excluding hydrogens is 248 g/mol. The number of aryl methyl sites for hydroxylation is 1. The molecule has 0 spiro atoms. The van der Waals surface area contributed by atoms with Crippen molar-refractivity contribution in [1.29, 1.82) is 0 Å². The highest BCUT2D eigenvalue weighted by Crippen LogP contribution is 2.20. The van der Waals surface area contributed by atoms with E-state index in [0.29, 0.717) is 0 Å². The van der Waals surface area contributed by atoms with Gasteiger partial charge in [-0.05, 0) is 39.0 Å². The second-order valence-corrected chi connectivity index (χ2v) is 5.85. The number of carbonyl (C=O) groups is 1. The molecule has 4 heteroatoms. The molecule has 0 aromatic heterocycles. The molecule has 1 rings (SSSR count). The van der Waals surface area contributed by atoms with Crippen LogP contribution in [0.4, 0.5) is 0 Å². The number of hydrogen-bond donors (Lipinski definition) is 0. The molecule has 0 saturated carbocycles. The normalized spacial score (nSPS) is 12.9. The first kappa shape index (κ1) is 14.4. The van der Waals surface area contributed by atoms with E-state index in [4.69, 9.17) is 0 Å². The molecule has 0 aliphatic heterocycles. The summed E-state index contributed by atoms with van der Waals surface area (Å²) in [5.74, 6) is -0.464. The van der Waals surface area contributed by atoms with Crippen molar-refractivity contribution in [2.75, 3.05) is 0 Å². The highest BCUT2D eigenvalue weighted by atomic mass is 32.2. The predicted molar refractivity (Wildman–Crippen MR) is 71.9 cm³/mol. The number of rotatable bonds is 4. The number of carbonyl (C=O) groups excluding carboxylic acids is 1. The van der Waals surface area contributed by atoms with E-state index >= 15 is 0 Å². The van der Waals surface area contributed by atoms with Gasteiger partial charge < -0.3 is 0 Å². The Morgan fingerprint density at radius 2 is 1.72 bits per heavy atom. The van der Waals surface area contributed by atoms with Crippen LogP contribution in [-0.4, -0.2) is 14.2 Å². The van der Waals surface area contributed by atoms with E-state index < -0.39 is 15.6 Å². The minimum Gasteiger partial charge on any atom is -0.294 e. The number of ketones is 1. The molecule has 0 saturated heterocycles. The summed E-state index contributed by atoms with van der Waals surface area (Å²) in [5, 5.41) is 0. The molecular formula is C14H16O3S. The van der Waals surface area contributed by atoms with Crippen LogP contribution in [0, 0.1) is 6.92 Å². The third-order valence-corrected chi connectivity index (χ3v) is 4.30. The molecule has 1 aromatic rings. The van der Waals surface area contributed by atoms with Crippen LogP contribution < -0.4 is 0 Å². The molecule has 0 fully saturated rings. The zero-order chi connectivity index (χ0) is 13.8. The number of sulfone groups is 1. The summed E-state index contributed by atoms with van der Waals surface area (Å²) in [6, 6.07) is 6.44. The first-order valence-corrected chi connectivity index (χ1v) is 7.03. The van der Waals surface area contributed by atoms with Gasteiger partial charge in [-0.3, -0.25) is 4.79 Å². The van der Waals surface area contributed by atoms with E-state index in [1.54, 1.807) is 31.2 Å². The lowest BCUT2D eigenvalue weighted by Gasteiger charge is -2.06. The van der Waals surface area contributed by atoms with Crippen molar-refractivity contribution in [3.63, 3.8) is 0 Å². The lowest BCUT2D eigenvalue weighted by molar-refractivity contribution is -0.113. The topological polar surface area (TPSA) is 51.2 Å². The monoisotopic (exact) mass is 264 g/mol. The van der Waals surface area contributed by atoms with E-state index in [-0.39, 0.29) is 9.80 Å². The van der Waals surface area contributed by atoms with Crippen LogP contribution in [0.3, 0.4) is 0 Å². The lowest BCUT2D eigenvalue weighted by Crippen LogP contribution is -2.11. The van der Waals surface area contributed by atoms with Gasteiger partial charge in [0.25, 0.3) is 0 Å². The van der Waals surface area contributed by atoms with Crippen LogP contribution in [-0.2, 0) is 14.6 Å². The van der Waals surface area contributed by atoms with Gasteiger partial charge in [-0.15, -0.1) is 0 Å². The van der Waals surface area contributed by atoms with Crippen molar-refractivity contribution in [3.8, 4) is 0 Å². The summed E-state index contributed by atoms with van der Waals surface area (Å²) < 4.78 is 24.5. The summed E-state index contributed by atoms with van der Waals surface area (Å²) in [4.78, 5) is 11.4. The van der Waals surface area contributed by atoms with Crippen LogP contribution in [0.25, 0.3) is 0 Å². The molecule has 0 amide bonds. The van der Waals surface area contributed by atoms with E-state index in [2.05, 4.69) is 0 Å². The SMILES string of the molecule is C/C=C/C=C(\C(C)=O)S(=O)(=O)c1ccc(C)cc1. The maximum absolute atomic E-state index is 12.3. The summed E-state index contributed by atoms with van der Waals surface area (Å²) in [7, 11) is -3.73. The minimum absolute atomic E-state index is 0.138. The van der Waals surface area contributed by atoms with E-state index in [1.165, 1.54) is 25.1 Å². The molecule has 3 nitrogen and oxygen atoms in total. The Kier molecular flexibility index (Phi) is 4.62. The van der Waals surface area contributed by atoms with Gasteiger partial charge in [0, 0.05) is 0 Å². The molecule has 0 aliphatic rings. The molecule has 0 radical (unpaired) electrons. The quantitative estimate of drug-likeness (QED) is 0.620. The van der Waals surface area contributed by atoms with E-state index in [0.717, 1.165) is 5.56 Å². The number of hydrogen-bond acceptors (Lipinski definition) is 3. The highest BCUT2D eigenvalue weighted by Gasteiger charge is 2.23. The molecule has 0 unspecified atom stereocenters. The van der Waals surface area contributed by atoms with Gasteiger partial charge in [-0.25, -0.2) is 8.42 Å². The average molecular weight is 264 g/mol. The summed E-state index contributed by atoms with van der Waals surface area (Å²) >= 11 is 0. The summed E-state index contributed by atoms with van der Waals surface area (Å²) in [5.41, 5.74) is 0.968. The fourth-order valence-electron chi connectivity index (χ4n) is 1.42. The third kappa shape index (κ3) is 3.17. The smallest absolute Gasteiger partial charge is 0.210 e. The van der Waals surface area contributed by atoms with Crippen molar-refractivity contribution in [2.45, 2.75) is 25.7 Å². The van der Waals surface area contributed by atoms with Crippen LogP contribution in [0.15, 0.2) is 52.3 Å². The van der Waals surface area contributed by atoms with Crippen molar-refractivity contribution >= 4 is 15.6 Å². The first-order valence-electron chi connectivity index (χ1n) is 5.55. The predicted octanol–water partition coefficient (Wildman–Crippen LogP) is 2.82. The van der Waals surface area contributed by atoms with Crippen molar-refractivity contribution in [1.82, 2.24) is 0 Å². The number of Topliss-reactive ketones (excluding diaryl/α,β-unsaturated/α-hetero) is 1. The van der Waals surface area contributed by atoms with Crippen LogP contribution >= 0.6 is 0 Å². The van der Waals surface area contributed by atoms with E-state index in [1.807, 2.05) is 6.92 Å². The molecule has 1 aromatic carbocycles. The fraction of sp³-hybridized carbons (Fsp3) is 0.214. The summed E-state index contributed by atoms with van der Waals surface area (Å²) in [6.07, 6.45) is 4.55. The van der Waals surface area contributed by atoms with Crippen LogP contribution in [0.2, 0.25) is 0 Å². The first-order chi connectivity index (χ1) is 8.39. The van der Waals surface area contributed by atoms with Gasteiger partial charge in [0.2, 0.25) is 9.84 Å². The molecule has 0 atom stereocenters. The zero-order valence-corrected chi connectivity index (χ0v) is 11.5. The molecule has 96 valence electrons. The van der Waals surface area contributed by atoms with Gasteiger partial charge in [-0.1, -0.05) is 29.8 Å². The molecule has 0 N–H and O–H groups in total. The average Bonchev–Trinajstić information content (AvgIpc) is 2.29. The Labute approximate surface area is 108 Å². The Balaban J connectivity index is 3.35. The fourth-order valence-corrected chi connectivity index (χ4v) is 2.81. The Hall–Kier alpha value is -1.68. The van der Waals surface area contributed by atoms with Crippen molar-refractivity contribution in [2.24, 2.45) is 0 Å². The van der Waals surface area contributed by atoms with E-state index in [9.17, 15) is 13.2 Å². The summed E-state index contributed by atoms with van der Waals surface area (Å²) in [6.45, 7) is 4.88. The maximum Gasteiger partial charge on any atom is 0.210 e. The Bertz CT molecular complexity index is 590. The maximum atomic E-state index is 12.3. The van der Waals surface area contributed by atoms with Crippen molar-refractivity contribution < 1.29 is 13.2 Å². The van der Waals surface area contributed by atoms with Gasteiger partial charge in [0.15, 0.2) is 5.78 Å². The van der Waals surface area contributed by atoms with Gasteiger partial charge >= 0.3 is 0 Å². The van der Waals surface area contributed by atoms with Gasteiger partial charge in [0.05, 0.1) is 4.90 Å². The molecule has 0 heterocycles. The largest absolute Gasteiger partial charge is 0.294 e. The Morgan fingerprint density at radius 3 is 2.17 bits per heavy atom. The Morgan fingerprint density at radius 1 is 1.17 bits per heavy atom. The minimum atomic E-state index is -3.73. The van der Waals surface area contributed by atoms with Gasteiger partial charge in [-0.2, -0.15) is 0 Å². The highest BCUT2D eigenvalue weighted by molar-refractivity contribution is 7.96. The van der Waals surface area contributed by atoms with Gasteiger partial charge in [0.1, 0.15) is 4.91 Å². The van der Waals surface area contributed by atoms with Crippen molar-refractivity contribution in [3.05, 3.63) is 53.0 Å². The number of benzene rings is 1. The molecule has 18 heavy (non-hydrogen) atoms. The standard InChI is InChI=1S/C14H16O3S/c1-4-5-6-14(12(3)15)18(16,17)13-9-7-11(2)8-10-13/h4-10H,1-3H3/b5-4+,14-6+. The molecule has 0 aliphatic carbocycles. The lowest BCUT2D eigenvalue weighted by atomic mass is 10.2. The zero-order valence-electron chi connectivity index (χ0n) is 10.7. The second-order valence-electron chi connectivity index (χ2n) is 3.93. The van der Waals surface area contributed by atoms with Crippen LogP contribution in [0.5, 0.6) is 0 Å². The second kappa shape index (κ2) is 5.78. The number of allylic oxidation sites excluding steroid dienone is 4.